The Bertz CT molecular complexity index is 453. The van der Waals surface area contributed by atoms with Crippen LogP contribution in [0, 0.1) is 0 Å². The number of piperazine rings is 1. The SMILES string of the molecule is CCN1CC(C)N(C(=O)NC2CC(N(CC)CC(=O)O)C2)CC1C. The van der Waals surface area contributed by atoms with E-state index in [-0.39, 0.29) is 30.7 Å². The van der Waals surface area contributed by atoms with Gasteiger partial charge in [0.25, 0.3) is 0 Å². The molecule has 7 nitrogen and oxygen atoms in total. The van der Waals surface area contributed by atoms with Crippen molar-refractivity contribution in [2.24, 2.45) is 0 Å². The highest BCUT2D eigenvalue weighted by atomic mass is 16.4. The lowest BCUT2D eigenvalue weighted by Gasteiger charge is -2.46. The summed E-state index contributed by atoms with van der Waals surface area (Å²) >= 11 is 0. The van der Waals surface area contributed by atoms with Gasteiger partial charge in [0.2, 0.25) is 0 Å². The Kier molecular flexibility index (Phi) is 6.46. The van der Waals surface area contributed by atoms with Gasteiger partial charge in [-0.2, -0.15) is 0 Å². The summed E-state index contributed by atoms with van der Waals surface area (Å²) in [4.78, 5) is 29.8. The average Bonchev–Trinajstić information content (AvgIpc) is 2.49. The van der Waals surface area contributed by atoms with Gasteiger partial charge in [-0.1, -0.05) is 13.8 Å². The molecule has 0 aromatic carbocycles. The fraction of sp³-hybridized carbons (Fsp3) is 0.882. The van der Waals surface area contributed by atoms with E-state index in [0.29, 0.717) is 6.04 Å². The van der Waals surface area contributed by atoms with Crippen LogP contribution in [0.3, 0.4) is 0 Å². The first-order valence-electron chi connectivity index (χ1n) is 9.12. The third-order valence-electron chi connectivity index (χ3n) is 5.48. The van der Waals surface area contributed by atoms with Gasteiger partial charge in [0.1, 0.15) is 0 Å². The second kappa shape index (κ2) is 8.16. The van der Waals surface area contributed by atoms with E-state index >= 15 is 0 Å². The maximum Gasteiger partial charge on any atom is 0.317 e. The standard InChI is InChI=1S/C17H32N4O3/c1-5-19-9-13(4)21(10-12(19)3)17(24)18-14-7-15(8-14)20(6-2)11-16(22)23/h12-15H,5-11H2,1-4H3,(H,18,24)(H,22,23). The van der Waals surface area contributed by atoms with E-state index in [4.69, 9.17) is 5.11 Å². The number of hydrogen-bond donors (Lipinski definition) is 2. The van der Waals surface area contributed by atoms with Crippen LogP contribution >= 0.6 is 0 Å². The molecule has 1 heterocycles. The summed E-state index contributed by atoms with van der Waals surface area (Å²) in [5.74, 6) is -0.791. The molecule has 2 aliphatic rings. The lowest BCUT2D eigenvalue weighted by Crippen LogP contribution is -2.62. The molecule has 2 atom stereocenters. The van der Waals surface area contributed by atoms with Gasteiger partial charge in [-0.15, -0.1) is 0 Å². The van der Waals surface area contributed by atoms with E-state index < -0.39 is 5.97 Å². The molecule has 2 N–H and O–H groups in total. The number of carbonyl (C=O) groups is 2. The lowest BCUT2D eigenvalue weighted by atomic mass is 9.85. The minimum Gasteiger partial charge on any atom is -0.480 e. The van der Waals surface area contributed by atoms with Gasteiger partial charge < -0.3 is 15.3 Å². The minimum absolute atomic E-state index is 0.0230. The molecule has 2 unspecified atom stereocenters. The summed E-state index contributed by atoms with van der Waals surface area (Å²) in [7, 11) is 0. The first-order valence-corrected chi connectivity index (χ1v) is 9.12. The molecule has 0 radical (unpaired) electrons. The van der Waals surface area contributed by atoms with E-state index in [0.717, 1.165) is 39.0 Å². The normalized spacial score (nSPS) is 31.0. The maximum absolute atomic E-state index is 12.6. The zero-order valence-corrected chi connectivity index (χ0v) is 15.4. The van der Waals surface area contributed by atoms with Crippen LogP contribution in [-0.2, 0) is 4.79 Å². The van der Waals surface area contributed by atoms with Crippen LogP contribution < -0.4 is 5.32 Å². The number of carboxylic acid groups (broad SMARTS) is 1. The molecule has 2 amide bonds. The smallest absolute Gasteiger partial charge is 0.317 e. The Morgan fingerprint density at radius 3 is 2.38 bits per heavy atom. The maximum atomic E-state index is 12.6. The fourth-order valence-corrected chi connectivity index (χ4v) is 3.86. The second-order valence-electron chi connectivity index (χ2n) is 7.17. The minimum atomic E-state index is -0.791. The number of amides is 2. The number of hydrogen-bond acceptors (Lipinski definition) is 4. The van der Waals surface area contributed by atoms with Crippen molar-refractivity contribution in [2.75, 3.05) is 32.7 Å². The molecule has 0 aromatic heterocycles. The molecular formula is C17H32N4O3. The van der Waals surface area contributed by atoms with Crippen LogP contribution in [-0.4, -0.2) is 88.7 Å². The molecule has 2 fully saturated rings. The van der Waals surface area contributed by atoms with Gasteiger partial charge in [-0.25, -0.2) is 4.79 Å². The van der Waals surface area contributed by atoms with Crippen LogP contribution in [0.2, 0.25) is 0 Å². The summed E-state index contributed by atoms with van der Waals surface area (Å²) in [6.45, 7) is 11.9. The Hall–Kier alpha value is -1.34. The third-order valence-corrected chi connectivity index (χ3v) is 5.48. The Morgan fingerprint density at radius 1 is 1.17 bits per heavy atom. The Balaban J connectivity index is 1.79. The number of urea groups is 1. The molecule has 24 heavy (non-hydrogen) atoms. The summed E-state index contributed by atoms with van der Waals surface area (Å²) < 4.78 is 0. The highest BCUT2D eigenvalue weighted by molar-refractivity contribution is 5.75. The van der Waals surface area contributed by atoms with Crippen molar-refractivity contribution in [1.82, 2.24) is 20.0 Å². The van der Waals surface area contributed by atoms with Crippen molar-refractivity contribution in [3.05, 3.63) is 0 Å². The Labute approximate surface area is 145 Å². The van der Waals surface area contributed by atoms with E-state index in [1.54, 1.807) is 0 Å². The molecule has 0 spiro atoms. The molecule has 1 saturated carbocycles. The van der Waals surface area contributed by atoms with E-state index in [1.807, 2.05) is 16.7 Å². The molecule has 2 rings (SSSR count). The molecule has 0 bridgehead atoms. The third kappa shape index (κ3) is 4.39. The van der Waals surface area contributed by atoms with Gasteiger partial charge in [0.05, 0.1) is 6.54 Å². The average molecular weight is 340 g/mol. The number of carbonyl (C=O) groups excluding carboxylic acids is 1. The summed E-state index contributed by atoms with van der Waals surface area (Å²) in [6, 6.07) is 1.06. The van der Waals surface area contributed by atoms with Gasteiger partial charge >= 0.3 is 12.0 Å². The predicted molar refractivity (Wildman–Crippen MR) is 93.1 cm³/mol. The molecule has 7 heteroatoms. The Morgan fingerprint density at radius 2 is 1.83 bits per heavy atom. The van der Waals surface area contributed by atoms with Crippen molar-refractivity contribution in [3.63, 3.8) is 0 Å². The molecule has 0 aromatic rings. The molecular weight excluding hydrogens is 308 g/mol. The fourth-order valence-electron chi connectivity index (χ4n) is 3.86. The van der Waals surface area contributed by atoms with Gasteiger partial charge in [-0.05, 0) is 39.8 Å². The van der Waals surface area contributed by atoms with E-state index in [1.165, 1.54) is 0 Å². The first-order chi connectivity index (χ1) is 11.3. The van der Waals surface area contributed by atoms with Crippen molar-refractivity contribution in [1.29, 1.82) is 0 Å². The zero-order chi connectivity index (χ0) is 17.9. The highest BCUT2D eigenvalue weighted by Crippen LogP contribution is 2.26. The van der Waals surface area contributed by atoms with Gasteiger partial charge in [0, 0.05) is 37.3 Å². The van der Waals surface area contributed by atoms with Crippen molar-refractivity contribution in [2.45, 2.75) is 64.7 Å². The van der Waals surface area contributed by atoms with Crippen LogP contribution in [0.5, 0.6) is 0 Å². The van der Waals surface area contributed by atoms with Crippen molar-refractivity contribution >= 4 is 12.0 Å². The lowest BCUT2D eigenvalue weighted by molar-refractivity contribution is -0.139. The van der Waals surface area contributed by atoms with Crippen molar-refractivity contribution in [3.8, 4) is 0 Å². The number of nitrogens with zero attached hydrogens (tertiary/aromatic N) is 3. The van der Waals surface area contributed by atoms with Crippen LogP contribution in [0.4, 0.5) is 4.79 Å². The number of aliphatic carboxylic acids is 1. The monoisotopic (exact) mass is 340 g/mol. The number of likely N-dealkylation sites (N-methyl/N-ethyl adjacent to an activating group) is 2. The van der Waals surface area contributed by atoms with Crippen LogP contribution in [0.25, 0.3) is 0 Å². The molecule has 138 valence electrons. The summed E-state index contributed by atoms with van der Waals surface area (Å²) in [6.07, 6.45) is 1.68. The highest BCUT2D eigenvalue weighted by Gasteiger charge is 2.37. The van der Waals surface area contributed by atoms with E-state index in [9.17, 15) is 9.59 Å². The predicted octanol–water partition coefficient (Wildman–Crippen LogP) is 1.05. The zero-order valence-electron chi connectivity index (χ0n) is 15.4. The molecule has 1 aliphatic heterocycles. The second-order valence-corrected chi connectivity index (χ2v) is 7.17. The van der Waals surface area contributed by atoms with Crippen LogP contribution in [0.15, 0.2) is 0 Å². The van der Waals surface area contributed by atoms with Gasteiger partial charge in [-0.3, -0.25) is 14.6 Å². The number of carboxylic acids is 1. The van der Waals surface area contributed by atoms with Crippen LogP contribution in [0.1, 0.15) is 40.5 Å². The summed E-state index contributed by atoms with van der Waals surface area (Å²) in [5, 5.41) is 12.1. The quantitative estimate of drug-likeness (QED) is 0.756. The summed E-state index contributed by atoms with van der Waals surface area (Å²) in [5.41, 5.74) is 0. The van der Waals surface area contributed by atoms with Crippen molar-refractivity contribution < 1.29 is 14.7 Å². The first kappa shape index (κ1) is 19.0. The van der Waals surface area contributed by atoms with Gasteiger partial charge in [0.15, 0.2) is 0 Å². The van der Waals surface area contributed by atoms with E-state index in [2.05, 4.69) is 31.0 Å². The number of nitrogens with one attached hydrogen (secondary N) is 1. The number of rotatable bonds is 6. The molecule has 1 saturated heterocycles. The largest absolute Gasteiger partial charge is 0.480 e. The molecule has 1 aliphatic carbocycles. The topological polar surface area (TPSA) is 76.1 Å².